The lowest BCUT2D eigenvalue weighted by Gasteiger charge is -2.33. The van der Waals surface area contributed by atoms with E-state index >= 15 is 0 Å². The number of aryl methyl sites for hydroxylation is 1. The molecular weight excluding hydrogens is 382 g/mol. The minimum absolute atomic E-state index is 0.671. The average Bonchev–Trinajstić information content (AvgIpc) is 3.20. The summed E-state index contributed by atoms with van der Waals surface area (Å²) >= 11 is 0. The minimum Gasteiger partial charge on any atom is -0.352 e. The quantitative estimate of drug-likeness (QED) is 0.498. The van der Waals surface area contributed by atoms with Gasteiger partial charge in [0.1, 0.15) is 0 Å². The van der Waals surface area contributed by atoms with E-state index in [-0.39, 0.29) is 0 Å². The molecule has 154 valence electrons. The van der Waals surface area contributed by atoms with Gasteiger partial charge in [0.15, 0.2) is 5.82 Å². The number of hydrogen-bond donors (Lipinski definition) is 0. The van der Waals surface area contributed by atoms with Gasteiger partial charge < -0.3 is 14.2 Å². The number of rotatable bonds is 3. The van der Waals surface area contributed by atoms with Crippen LogP contribution in [0, 0.1) is 18.3 Å². The summed E-state index contributed by atoms with van der Waals surface area (Å²) < 4.78 is 2.26. The highest BCUT2D eigenvalue weighted by Gasteiger charge is 2.21. The van der Waals surface area contributed by atoms with Crippen molar-refractivity contribution in [3.8, 4) is 28.5 Å². The molecule has 0 spiro atoms. The molecule has 1 fully saturated rings. The number of fused-ring (bicyclic) bond motifs is 1. The Morgan fingerprint density at radius 1 is 0.903 bits per heavy atom. The molecule has 31 heavy (non-hydrogen) atoms. The second-order valence-corrected chi connectivity index (χ2v) is 8.26. The van der Waals surface area contributed by atoms with Crippen LogP contribution in [0.25, 0.3) is 27.9 Å². The molecule has 2 aromatic heterocycles. The second kappa shape index (κ2) is 7.90. The topological polar surface area (TPSA) is 47.6 Å². The van der Waals surface area contributed by atoms with Crippen LogP contribution in [0.3, 0.4) is 0 Å². The summed E-state index contributed by atoms with van der Waals surface area (Å²) in [6.45, 7) is 6.13. The fraction of sp³-hybridized carbons (Fsp3) is 0.231. The van der Waals surface area contributed by atoms with Gasteiger partial charge in [-0.1, -0.05) is 42.0 Å². The van der Waals surface area contributed by atoms with Crippen molar-refractivity contribution in [2.45, 2.75) is 6.92 Å². The van der Waals surface area contributed by atoms with Crippen molar-refractivity contribution in [1.29, 1.82) is 5.26 Å². The van der Waals surface area contributed by atoms with E-state index in [0.717, 1.165) is 54.3 Å². The summed E-state index contributed by atoms with van der Waals surface area (Å²) in [5.41, 5.74) is 7.59. The summed E-state index contributed by atoms with van der Waals surface area (Å²) in [4.78, 5) is 9.52. The lowest BCUT2D eigenvalue weighted by Crippen LogP contribution is -2.44. The fourth-order valence-electron chi connectivity index (χ4n) is 4.30. The third-order valence-corrected chi connectivity index (χ3v) is 6.13. The Morgan fingerprint density at radius 3 is 2.26 bits per heavy atom. The lowest BCUT2D eigenvalue weighted by atomic mass is 10.00. The van der Waals surface area contributed by atoms with Crippen LogP contribution in [-0.2, 0) is 0 Å². The van der Waals surface area contributed by atoms with Crippen molar-refractivity contribution in [2.75, 3.05) is 38.1 Å². The molecular formula is C26H25N5. The summed E-state index contributed by atoms with van der Waals surface area (Å²) in [6.07, 6.45) is 3.96. The molecule has 0 amide bonds. The molecule has 0 unspecified atom stereocenters. The van der Waals surface area contributed by atoms with E-state index in [1.807, 2.05) is 30.5 Å². The summed E-state index contributed by atoms with van der Waals surface area (Å²) in [7, 11) is 2.17. The zero-order valence-electron chi connectivity index (χ0n) is 17.9. The number of aromatic nitrogens is 2. The first-order chi connectivity index (χ1) is 15.1. The number of anilines is 1. The van der Waals surface area contributed by atoms with Crippen molar-refractivity contribution in [1.82, 2.24) is 14.3 Å². The Balaban J connectivity index is 1.72. The standard InChI is InChI=1S/C26H25N5/c1-19-3-7-22(8-4-19)25-23(21-9-5-20(18-27)6-10-21)17-24-26(28-11-12-31(24)25)30-15-13-29(2)14-16-30/h3-12,17H,13-16H2,1-2H3. The largest absolute Gasteiger partial charge is 0.352 e. The van der Waals surface area contributed by atoms with E-state index in [1.54, 1.807) is 0 Å². The zero-order chi connectivity index (χ0) is 21.4. The molecule has 0 saturated carbocycles. The van der Waals surface area contributed by atoms with E-state index in [1.165, 1.54) is 11.1 Å². The van der Waals surface area contributed by atoms with Gasteiger partial charge in [-0.05, 0) is 43.3 Å². The van der Waals surface area contributed by atoms with Gasteiger partial charge in [-0.3, -0.25) is 0 Å². The Bertz CT molecular complexity index is 1250. The van der Waals surface area contributed by atoms with Gasteiger partial charge >= 0.3 is 0 Å². The number of hydrogen-bond acceptors (Lipinski definition) is 4. The maximum absolute atomic E-state index is 9.20. The zero-order valence-corrected chi connectivity index (χ0v) is 17.9. The molecule has 5 rings (SSSR count). The van der Waals surface area contributed by atoms with Gasteiger partial charge in [0.05, 0.1) is 22.8 Å². The second-order valence-electron chi connectivity index (χ2n) is 8.26. The molecule has 0 atom stereocenters. The van der Waals surface area contributed by atoms with E-state index in [2.05, 4.69) is 70.8 Å². The SMILES string of the molecule is Cc1ccc(-c2c(-c3ccc(C#N)cc3)cc3c(N4CCN(C)CC4)nccn23)cc1. The van der Waals surface area contributed by atoms with Crippen LogP contribution in [-0.4, -0.2) is 47.5 Å². The normalized spacial score (nSPS) is 14.7. The highest BCUT2D eigenvalue weighted by molar-refractivity contribution is 5.90. The van der Waals surface area contributed by atoms with Crippen molar-refractivity contribution in [3.63, 3.8) is 0 Å². The van der Waals surface area contributed by atoms with Gasteiger partial charge in [0, 0.05) is 44.1 Å². The molecule has 0 aliphatic carbocycles. The molecule has 0 bridgehead atoms. The minimum atomic E-state index is 0.671. The maximum atomic E-state index is 9.20. The Hall–Kier alpha value is -3.62. The monoisotopic (exact) mass is 407 g/mol. The molecule has 5 heteroatoms. The van der Waals surface area contributed by atoms with E-state index in [0.29, 0.717) is 5.56 Å². The van der Waals surface area contributed by atoms with Crippen LogP contribution in [0.15, 0.2) is 67.0 Å². The maximum Gasteiger partial charge on any atom is 0.153 e. The van der Waals surface area contributed by atoms with Crippen LogP contribution >= 0.6 is 0 Å². The highest BCUT2D eigenvalue weighted by Crippen LogP contribution is 2.38. The number of piperazine rings is 1. The van der Waals surface area contributed by atoms with Crippen molar-refractivity contribution in [3.05, 3.63) is 78.1 Å². The Morgan fingerprint density at radius 2 is 1.58 bits per heavy atom. The van der Waals surface area contributed by atoms with E-state index in [9.17, 15) is 5.26 Å². The lowest BCUT2D eigenvalue weighted by molar-refractivity contribution is 0.312. The molecule has 4 aromatic rings. The van der Waals surface area contributed by atoms with Crippen LogP contribution < -0.4 is 4.90 Å². The average molecular weight is 408 g/mol. The first kappa shape index (κ1) is 19.3. The first-order valence-electron chi connectivity index (χ1n) is 10.6. The van der Waals surface area contributed by atoms with Gasteiger partial charge in [0.2, 0.25) is 0 Å². The number of nitriles is 1. The van der Waals surface area contributed by atoms with Crippen LogP contribution in [0.2, 0.25) is 0 Å². The van der Waals surface area contributed by atoms with E-state index in [4.69, 9.17) is 4.98 Å². The predicted octanol–water partition coefficient (Wildman–Crippen LogP) is 4.60. The number of likely N-dealkylation sites (N-methyl/N-ethyl adjacent to an activating group) is 1. The Labute approximate surface area is 182 Å². The number of nitrogens with zero attached hydrogens (tertiary/aromatic N) is 5. The van der Waals surface area contributed by atoms with Crippen LogP contribution in [0.1, 0.15) is 11.1 Å². The number of benzene rings is 2. The molecule has 1 aliphatic rings. The third-order valence-electron chi connectivity index (χ3n) is 6.13. The van der Waals surface area contributed by atoms with Crippen molar-refractivity contribution >= 4 is 11.3 Å². The van der Waals surface area contributed by atoms with Crippen LogP contribution in [0.4, 0.5) is 5.82 Å². The molecule has 0 radical (unpaired) electrons. The van der Waals surface area contributed by atoms with Gasteiger partial charge in [-0.2, -0.15) is 5.26 Å². The molecule has 1 saturated heterocycles. The first-order valence-corrected chi connectivity index (χ1v) is 10.6. The van der Waals surface area contributed by atoms with Gasteiger partial charge in [0.25, 0.3) is 0 Å². The van der Waals surface area contributed by atoms with Gasteiger partial charge in [-0.25, -0.2) is 4.98 Å². The smallest absolute Gasteiger partial charge is 0.153 e. The molecule has 0 N–H and O–H groups in total. The highest BCUT2D eigenvalue weighted by atomic mass is 15.3. The molecule has 3 heterocycles. The van der Waals surface area contributed by atoms with Crippen molar-refractivity contribution < 1.29 is 0 Å². The van der Waals surface area contributed by atoms with Crippen LogP contribution in [0.5, 0.6) is 0 Å². The fourth-order valence-corrected chi connectivity index (χ4v) is 4.30. The Kier molecular flexibility index (Phi) is 4.93. The van der Waals surface area contributed by atoms with E-state index < -0.39 is 0 Å². The summed E-state index contributed by atoms with van der Waals surface area (Å²) in [5.74, 6) is 1.03. The summed E-state index contributed by atoms with van der Waals surface area (Å²) in [6, 6.07) is 21.0. The molecule has 2 aromatic carbocycles. The molecule has 5 nitrogen and oxygen atoms in total. The molecule has 1 aliphatic heterocycles. The predicted molar refractivity (Wildman–Crippen MR) is 125 cm³/mol. The third kappa shape index (κ3) is 3.56. The van der Waals surface area contributed by atoms with Gasteiger partial charge in [-0.15, -0.1) is 0 Å². The van der Waals surface area contributed by atoms with Crippen molar-refractivity contribution in [2.24, 2.45) is 0 Å². The summed E-state index contributed by atoms with van der Waals surface area (Å²) in [5, 5.41) is 9.20.